The number of allylic oxidation sites excluding steroid dienone is 4. The minimum atomic E-state index is -0.762. The summed E-state index contributed by atoms with van der Waals surface area (Å²) >= 11 is 0. The van der Waals surface area contributed by atoms with Crippen molar-refractivity contribution in [1.82, 2.24) is 0 Å². The summed E-state index contributed by atoms with van der Waals surface area (Å²) in [6.07, 6.45) is 9.72. The third kappa shape index (κ3) is 2.96. The molecule has 1 aliphatic carbocycles. The lowest BCUT2D eigenvalue weighted by molar-refractivity contribution is -0.203. The molecule has 0 saturated heterocycles. The van der Waals surface area contributed by atoms with Gasteiger partial charge in [-0.1, -0.05) is 30.7 Å². The molecule has 0 fully saturated rings. The summed E-state index contributed by atoms with van der Waals surface area (Å²) in [7, 11) is 1.61. The van der Waals surface area contributed by atoms with E-state index in [1.165, 1.54) is 5.57 Å². The molecule has 0 aromatic rings. The van der Waals surface area contributed by atoms with Crippen molar-refractivity contribution >= 4 is 0 Å². The third-order valence-electron chi connectivity index (χ3n) is 3.03. The molecule has 0 radical (unpaired) electrons. The van der Waals surface area contributed by atoms with Crippen LogP contribution in [-0.4, -0.2) is 18.0 Å². The van der Waals surface area contributed by atoms with Crippen molar-refractivity contribution in [1.29, 1.82) is 0 Å². The topological polar surface area (TPSA) is 32.1 Å². The van der Waals surface area contributed by atoms with Crippen LogP contribution in [0.25, 0.3) is 0 Å². The predicted octanol–water partition coefficient (Wildman–Crippen LogP) is 2.38. The van der Waals surface area contributed by atoms with E-state index in [0.717, 1.165) is 19.3 Å². The van der Waals surface area contributed by atoms with Gasteiger partial charge < -0.3 is 9.84 Å². The molecule has 2 atom stereocenters. The number of hydrogen-bond donors (Lipinski definition) is 0. The second-order valence-corrected chi connectivity index (χ2v) is 4.21. The highest BCUT2D eigenvalue weighted by atomic mass is 16.6. The average Bonchev–Trinajstić information content (AvgIpc) is 2.19. The number of hydrogen-bond acceptors (Lipinski definition) is 1. The van der Waals surface area contributed by atoms with Crippen molar-refractivity contribution in [3.8, 4) is 0 Å². The van der Waals surface area contributed by atoms with Crippen molar-refractivity contribution in [2.24, 2.45) is 5.92 Å². The van der Waals surface area contributed by atoms with Crippen LogP contribution < -0.4 is 0 Å². The second kappa shape index (κ2) is 4.76. The van der Waals surface area contributed by atoms with Crippen molar-refractivity contribution in [2.75, 3.05) is 7.11 Å². The Morgan fingerprint density at radius 1 is 1.64 bits per heavy atom. The fraction of sp³-hybridized carbons (Fsp3) is 0.667. The van der Waals surface area contributed by atoms with Crippen LogP contribution in [0, 0.1) is 5.92 Å². The Bertz CT molecular complexity index is 239. The summed E-state index contributed by atoms with van der Waals surface area (Å²) in [6.45, 7) is 3.91. The largest absolute Gasteiger partial charge is 0.419 e. The molecule has 2 nitrogen and oxygen atoms in total. The zero-order valence-corrected chi connectivity index (χ0v) is 9.34. The van der Waals surface area contributed by atoms with Gasteiger partial charge in [-0.15, -0.1) is 0 Å². The van der Waals surface area contributed by atoms with Crippen LogP contribution in [0.1, 0.15) is 33.1 Å². The fourth-order valence-corrected chi connectivity index (χ4v) is 1.61. The van der Waals surface area contributed by atoms with E-state index in [4.69, 9.17) is 9.84 Å². The van der Waals surface area contributed by atoms with Crippen LogP contribution in [-0.2, 0) is 4.74 Å². The highest BCUT2D eigenvalue weighted by molar-refractivity contribution is 5.18. The summed E-state index contributed by atoms with van der Waals surface area (Å²) in [4.78, 5) is 0. The molecule has 0 amide bonds. The Balaban J connectivity index is 2.51. The lowest BCUT2D eigenvalue weighted by Gasteiger charge is -2.25. The van der Waals surface area contributed by atoms with E-state index in [1.807, 2.05) is 6.92 Å². The van der Waals surface area contributed by atoms with E-state index < -0.39 is 5.79 Å². The van der Waals surface area contributed by atoms with Gasteiger partial charge in [0, 0.05) is 14.0 Å². The van der Waals surface area contributed by atoms with Gasteiger partial charge in [-0.3, -0.25) is 0 Å². The molecule has 0 unspecified atom stereocenters. The molecule has 0 bridgehead atoms. The van der Waals surface area contributed by atoms with E-state index >= 15 is 0 Å². The molecule has 0 spiro atoms. The van der Waals surface area contributed by atoms with Crippen molar-refractivity contribution in [3.63, 3.8) is 0 Å². The molecule has 80 valence electrons. The summed E-state index contributed by atoms with van der Waals surface area (Å²) in [6, 6.07) is 0. The highest BCUT2D eigenvalue weighted by Crippen LogP contribution is 2.27. The van der Waals surface area contributed by atoms with Gasteiger partial charge in [-0.25, -0.2) is 0 Å². The monoisotopic (exact) mass is 197 g/mol. The average molecular weight is 197 g/mol. The van der Waals surface area contributed by atoms with Gasteiger partial charge >= 0.3 is 0 Å². The van der Waals surface area contributed by atoms with Crippen LogP contribution in [0.2, 0.25) is 0 Å². The van der Waals surface area contributed by atoms with Gasteiger partial charge in [0.25, 0.3) is 5.79 Å². The van der Waals surface area contributed by atoms with Crippen LogP contribution in [0.5, 0.6) is 0 Å². The maximum atomic E-state index is 7.93. The standard InChI is InChI=1S/C12H20O2/c1-10(12(2,13)14-3)9-11-7-5-4-6-8-11/h4-5,7,10,13H,6,8-9H2,1-3H3/p+1/t10-,12-/m0/s1. The van der Waals surface area contributed by atoms with Crippen LogP contribution in [0.3, 0.4) is 0 Å². The summed E-state index contributed by atoms with van der Waals surface area (Å²) in [5.74, 6) is -0.521. The molecule has 2 N–H and O–H groups in total. The maximum Gasteiger partial charge on any atom is 0.272 e. The van der Waals surface area contributed by atoms with Crippen LogP contribution in [0.15, 0.2) is 23.8 Å². The fourth-order valence-electron chi connectivity index (χ4n) is 1.61. The zero-order chi connectivity index (χ0) is 10.6. The van der Waals surface area contributed by atoms with Crippen molar-refractivity contribution in [3.05, 3.63) is 23.8 Å². The summed E-state index contributed by atoms with van der Waals surface area (Å²) in [5.41, 5.74) is 1.44. The minimum absolute atomic E-state index is 0.241. The van der Waals surface area contributed by atoms with Gasteiger partial charge in [0.2, 0.25) is 0 Å². The number of methoxy groups -OCH3 is 1. The molecule has 0 saturated carbocycles. The quantitative estimate of drug-likeness (QED) is 0.503. The lowest BCUT2D eigenvalue weighted by Crippen LogP contribution is -2.35. The van der Waals surface area contributed by atoms with Gasteiger partial charge in [0.1, 0.15) is 0 Å². The van der Waals surface area contributed by atoms with E-state index in [2.05, 4.69) is 25.2 Å². The third-order valence-corrected chi connectivity index (χ3v) is 3.03. The second-order valence-electron chi connectivity index (χ2n) is 4.21. The highest BCUT2D eigenvalue weighted by Gasteiger charge is 2.33. The van der Waals surface area contributed by atoms with E-state index in [1.54, 1.807) is 7.11 Å². The first kappa shape index (κ1) is 11.5. The van der Waals surface area contributed by atoms with Gasteiger partial charge in [-0.05, 0) is 19.3 Å². The summed E-state index contributed by atoms with van der Waals surface area (Å²) < 4.78 is 5.16. The summed E-state index contributed by atoms with van der Waals surface area (Å²) in [5, 5.41) is 7.93. The first-order valence-electron chi connectivity index (χ1n) is 5.21. The maximum absolute atomic E-state index is 7.93. The van der Waals surface area contributed by atoms with E-state index in [-0.39, 0.29) is 5.92 Å². The molecular weight excluding hydrogens is 176 g/mol. The molecule has 0 heterocycles. The Morgan fingerprint density at radius 3 is 2.86 bits per heavy atom. The molecule has 2 heteroatoms. The smallest absolute Gasteiger partial charge is 0.272 e. The molecule has 0 aliphatic heterocycles. The number of ether oxygens (including phenoxy) is 1. The molecule has 1 aliphatic rings. The van der Waals surface area contributed by atoms with E-state index in [0.29, 0.717) is 0 Å². The first-order valence-corrected chi connectivity index (χ1v) is 5.21. The van der Waals surface area contributed by atoms with Crippen molar-refractivity contribution in [2.45, 2.75) is 38.9 Å². The molecular formula is C12H21O2+. The number of rotatable bonds is 4. The lowest BCUT2D eigenvalue weighted by atomic mass is 9.90. The predicted molar refractivity (Wildman–Crippen MR) is 59.3 cm³/mol. The Morgan fingerprint density at radius 2 is 2.36 bits per heavy atom. The van der Waals surface area contributed by atoms with E-state index in [9.17, 15) is 0 Å². The van der Waals surface area contributed by atoms with Crippen LogP contribution in [0.4, 0.5) is 0 Å². The Hall–Kier alpha value is -0.600. The molecule has 0 aromatic heterocycles. The molecule has 0 aromatic carbocycles. The van der Waals surface area contributed by atoms with Gasteiger partial charge in [0.05, 0.1) is 5.92 Å². The van der Waals surface area contributed by atoms with Gasteiger partial charge in [-0.2, -0.15) is 0 Å². The minimum Gasteiger partial charge on any atom is -0.419 e. The molecule has 14 heavy (non-hydrogen) atoms. The van der Waals surface area contributed by atoms with Gasteiger partial charge in [0.15, 0.2) is 0 Å². The Labute approximate surface area is 86.3 Å². The molecule has 1 rings (SSSR count). The SMILES string of the molecule is CO[C@](C)([OH2+])[C@@H](C)CC1=CC=CCC1. The zero-order valence-electron chi connectivity index (χ0n) is 9.34. The normalized spacial score (nSPS) is 22.7. The first-order chi connectivity index (χ1) is 6.56. The Kier molecular flexibility index (Phi) is 3.90. The van der Waals surface area contributed by atoms with Crippen LogP contribution >= 0.6 is 0 Å². The van der Waals surface area contributed by atoms with Crippen molar-refractivity contribution < 1.29 is 9.84 Å².